The molecule has 1 fully saturated rings. The molecule has 0 amide bonds. The Balaban J connectivity index is 1.77. The smallest absolute Gasteiger partial charge is 0.305 e. The first-order chi connectivity index (χ1) is 16.8. The molecule has 0 aromatic rings. The van der Waals surface area contributed by atoms with Crippen LogP contribution in [0.25, 0.3) is 0 Å². The molecule has 0 aromatic heterocycles. The van der Waals surface area contributed by atoms with Gasteiger partial charge in [0.1, 0.15) is 6.61 Å². The molecule has 201 valence electrons. The van der Waals surface area contributed by atoms with Crippen molar-refractivity contribution in [1.29, 1.82) is 0 Å². The zero-order chi connectivity index (χ0) is 24.5. The van der Waals surface area contributed by atoms with Crippen LogP contribution in [0.4, 0.5) is 0 Å². The van der Waals surface area contributed by atoms with Crippen molar-refractivity contribution >= 4 is 5.97 Å². The second kappa shape index (κ2) is 24.1. The molecule has 1 aliphatic heterocycles. The van der Waals surface area contributed by atoms with Crippen LogP contribution in [0.1, 0.15) is 142 Å². The van der Waals surface area contributed by atoms with E-state index in [4.69, 9.17) is 14.2 Å². The molecule has 34 heavy (non-hydrogen) atoms. The predicted molar refractivity (Wildman–Crippen MR) is 143 cm³/mol. The fourth-order valence-corrected chi connectivity index (χ4v) is 4.72. The van der Waals surface area contributed by atoms with Crippen LogP contribution in [0.15, 0.2) is 0 Å². The molecule has 1 aliphatic rings. The lowest BCUT2D eigenvalue weighted by Crippen LogP contribution is -2.18. The van der Waals surface area contributed by atoms with Crippen molar-refractivity contribution in [2.75, 3.05) is 26.4 Å². The Morgan fingerprint density at radius 3 is 1.88 bits per heavy atom. The van der Waals surface area contributed by atoms with Gasteiger partial charge in [-0.05, 0) is 19.3 Å². The molecule has 4 heteroatoms. The Bertz CT molecular complexity index is 440. The number of rotatable bonds is 25. The van der Waals surface area contributed by atoms with E-state index in [1.807, 2.05) is 0 Å². The van der Waals surface area contributed by atoms with Crippen molar-refractivity contribution in [3.63, 3.8) is 0 Å². The first-order valence-electron chi connectivity index (χ1n) is 14.9. The standard InChI is InChI=1S/C30H57O4/c1-3-5-7-8-9-10-11-12-13-14-15-16-17-18-19-21-23-32-25-28-24-29(33-26-28)27-34-30(31)22-20-6-4-2/h28-29H,2-27H2,1H3. The summed E-state index contributed by atoms with van der Waals surface area (Å²) in [5.41, 5.74) is 0. The van der Waals surface area contributed by atoms with Gasteiger partial charge < -0.3 is 14.2 Å². The van der Waals surface area contributed by atoms with Gasteiger partial charge in [-0.15, -0.1) is 0 Å². The average Bonchev–Trinajstić information content (AvgIpc) is 3.30. The zero-order valence-corrected chi connectivity index (χ0v) is 22.7. The highest BCUT2D eigenvalue weighted by Crippen LogP contribution is 2.21. The number of hydrogen-bond donors (Lipinski definition) is 0. The molecule has 2 atom stereocenters. The third-order valence-corrected chi connectivity index (χ3v) is 6.97. The summed E-state index contributed by atoms with van der Waals surface area (Å²) in [7, 11) is 0. The van der Waals surface area contributed by atoms with Gasteiger partial charge >= 0.3 is 5.97 Å². The SMILES string of the molecule is [CH2]CCCCC(=O)OCC1CC(COCCCCCCCCCCCCCCCCCC)CO1. The number of carbonyl (C=O) groups is 1. The molecule has 1 radical (unpaired) electrons. The van der Waals surface area contributed by atoms with Crippen LogP contribution in [0.5, 0.6) is 0 Å². The first kappa shape index (κ1) is 31.4. The number of esters is 1. The first-order valence-corrected chi connectivity index (χ1v) is 14.9. The van der Waals surface area contributed by atoms with Crippen LogP contribution in [-0.4, -0.2) is 38.5 Å². The maximum Gasteiger partial charge on any atom is 0.305 e. The minimum Gasteiger partial charge on any atom is -0.463 e. The van der Waals surface area contributed by atoms with Crippen LogP contribution in [0.3, 0.4) is 0 Å². The van der Waals surface area contributed by atoms with Gasteiger partial charge in [0, 0.05) is 18.9 Å². The molecule has 0 aromatic carbocycles. The van der Waals surface area contributed by atoms with Gasteiger partial charge in [-0.1, -0.05) is 123 Å². The number of hydrogen-bond acceptors (Lipinski definition) is 4. The molecule has 0 N–H and O–H groups in total. The van der Waals surface area contributed by atoms with Crippen LogP contribution < -0.4 is 0 Å². The number of unbranched alkanes of at least 4 members (excludes halogenated alkanes) is 17. The lowest BCUT2D eigenvalue weighted by molar-refractivity contribution is -0.147. The molecule has 4 nitrogen and oxygen atoms in total. The van der Waals surface area contributed by atoms with Crippen LogP contribution in [0.2, 0.25) is 0 Å². The molecule has 0 spiro atoms. The fraction of sp³-hybridized carbons (Fsp3) is 0.933. The Kier molecular flexibility index (Phi) is 22.3. The van der Waals surface area contributed by atoms with Gasteiger partial charge in [0.15, 0.2) is 0 Å². The molecule has 0 saturated carbocycles. The molecule has 0 bridgehead atoms. The van der Waals surface area contributed by atoms with E-state index in [-0.39, 0.29) is 12.1 Å². The predicted octanol–water partition coefficient (Wildman–Crippen LogP) is 8.61. The Labute approximate surface area is 212 Å². The molecular weight excluding hydrogens is 424 g/mol. The van der Waals surface area contributed by atoms with E-state index in [9.17, 15) is 4.79 Å². The van der Waals surface area contributed by atoms with Gasteiger partial charge in [-0.2, -0.15) is 0 Å². The van der Waals surface area contributed by atoms with E-state index >= 15 is 0 Å². The monoisotopic (exact) mass is 481 g/mol. The highest BCUT2D eigenvalue weighted by Gasteiger charge is 2.26. The summed E-state index contributed by atoms with van der Waals surface area (Å²) in [5, 5.41) is 0. The Hall–Kier alpha value is -0.610. The summed E-state index contributed by atoms with van der Waals surface area (Å²) in [4.78, 5) is 11.7. The molecule has 0 aliphatic carbocycles. The normalized spacial score (nSPS) is 17.9. The van der Waals surface area contributed by atoms with Crippen LogP contribution in [-0.2, 0) is 19.0 Å². The molecule has 2 unspecified atom stereocenters. The lowest BCUT2D eigenvalue weighted by Gasteiger charge is -2.11. The van der Waals surface area contributed by atoms with Gasteiger partial charge in [-0.25, -0.2) is 0 Å². The molecule has 1 saturated heterocycles. The fourth-order valence-electron chi connectivity index (χ4n) is 4.72. The van der Waals surface area contributed by atoms with Gasteiger partial charge in [0.2, 0.25) is 0 Å². The van der Waals surface area contributed by atoms with E-state index in [0.717, 1.165) is 45.5 Å². The largest absolute Gasteiger partial charge is 0.463 e. The summed E-state index contributed by atoms with van der Waals surface area (Å²) < 4.78 is 17.0. The molecule has 1 rings (SSSR count). The van der Waals surface area contributed by atoms with Crippen LogP contribution in [0, 0.1) is 12.8 Å². The topological polar surface area (TPSA) is 44.8 Å². The summed E-state index contributed by atoms with van der Waals surface area (Å²) in [6.45, 7) is 8.82. The van der Waals surface area contributed by atoms with E-state index in [0.29, 0.717) is 18.9 Å². The van der Waals surface area contributed by atoms with Crippen molar-refractivity contribution in [3.05, 3.63) is 6.92 Å². The van der Waals surface area contributed by atoms with E-state index in [1.54, 1.807) is 0 Å². The van der Waals surface area contributed by atoms with Crippen molar-refractivity contribution in [2.24, 2.45) is 5.92 Å². The quantitative estimate of drug-likeness (QED) is 0.0967. The molecular formula is C30H57O4. The summed E-state index contributed by atoms with van der Waals surface area (Å²) >= 11 is 0. The second-order valence-corrected chi connectivity index (χ2v) is 10.4. The third kappa shape index (κ3) is 19.7. The Morgan fingerprint density at radius 2 is 1.32 bits per heavy atom. The minimum absolute atomic E-state index is 0.0425. The summed E-state index contributed by atoms with van der Waals surface area (Å²) in [6.07, 6.45) is 26.5. The summed E-state index contributed by atoms with van der Waals surface area (Å²) in [5.74, 6) is 0.330. The van der Waals surface area contributed by atoms with E-state index in [2.05, 4.69) is 13.8 Å². The van der Waals surface area contributed by atoms with Crippen molar-refractivity contribution in [3.8, 4) is 0 Å². The maximum atomic E-state index is 11.7. The highest BCUT2D eigenvalue weighted by molar-refractivity contribution is 5.69. The zero-order valence-electron chi connectivity index (χ0n) is 22.7. The van der Waals surface area contributed by atoms with Crippen molar-refractivity contribution < 1.29 is 19.0 Å². The van der Waals surface area contributed by atoms with Gasteiger partial charge in [0.25, 0.3) is 0 Å². The van der Waals surface area contributed by atoms with Gasteiger partial charge in [-0.3, -0.25) is 4.79 Å². The Morgan fingerprint density at radius 1 is 0.765 bits per heavy atom. The lowest BCUT2D eigenvalue weighted by atomic mass is 10.0. The summed E-state index contributed by atoms with van der Waals surface area (Å²) in [6, 6.07) is 0. The third-order valence-electron chi connectivity index (χ3n) is 6.97. The highest BCUT2D eigenvalue weighted by atomic mass is 16.6. The number of carbonyl (C=O) groups excluding carboxylic acids is 1. The van der Waals surface area contributed by atoms with Gasteiger partial charge in [0.05, 0.1) is 19.3 Å². The van der Waals surface area contributed by atoms with Crippen molar-refractivity contribution in [1.82, 2.24) is 0 Å². The molecule has 1 heterocycles. The van der Waals surface area contributed by atoms with Crippen LogP contribution >= 0.6 is 0 Å². The van der Waals surface area contributed by atoms with Crippen molar-refractivity contribution in [2.45, 2.75) is 148 Å². The maximum absolute atomic E-state index is 11.7. The number of ether oxygens (including phenoxy) is 3. The second-order valence-electron chi connectivity index (χ2n) is 10.4. The average molecular weight is 482 g/mol. The minimum atomic E-state index is -0.111. The van der Waals surface area contributed by atoms with E-state index in [1.165, 1.54) is 103 Å². The van der Waals surface area contributed by atoms with E-state index < -0.39 is 0 Å².